The largest absolute Gasteiger partial charge is 0.290 e. The summed E-state index contributed by atoms with van der Waals surface area (Å²) in [6.07, 6.45) is 3.52. The van der Waals surface area contributed by atoms with E-state index in [-0.39, 0.29) is 13.2 Å². The highest BCUT2D eigenvalue weighted by atomic mass is 16.1. The monoisotopic (exact) mass is 309 g/mol. The first kappa shape index (κ1) is 15.7. The summed E-state index contributed by atoms with van der Waals surface area (Å²) in [5, 5.41) is 2.33. The van der Waals surface area contributed by atoms with Crippen molar-refractivity contribution >= 4 is 22.4 Å². The summed E-state index contributed by atoms with van der Waals surface area (Å²) in [6.45, 7) is 3.86. The Morgan fingerprint density at radius 2 is 1.83 bits per heavy atom. The molecule has 3 nitrogen and oxygen atoms in total. The third-order valence-corrected chi connectivity index (χ3v) is 4.82. The third-order valence-electron chi connectivity index (χ3n) is 4.82. The van der Waals surface area contributed by atoms with Crippen LogP contribution in [0, 0.1) is 0 Å². The lowest BCUT2D eigenvalue weighted by molar-refractivity contribution is -0.529. The van der Waals surface area contributed by atoms with Crippen LogP contribution in [0.4, 0.5) is 0 Å². The Labute approximate surface area is 138 Å². The number of Topliss-reactive ketones (excluding diaryl/α,β-unsaturated/α-hetero) is 1. The van der Waals surface area contributed by atoms with E-state index in [4.69, 9.17) is 0 Å². The molecule has 0 saturated heterocycles. The van der Waals surface area contributed by atoms with Crippen molar-refractivity contribution in [3.8, 4) is 0 Å². The summed E-state index contributed by atoms with van der Waals surface area (Å²) in [7, 11) is 0. The van der Waals surface area contributed by atoms with E-state index in [9.17, 15) is 4.79 Å². The lowest BCUT2D eigenvalue weighted by atomic mass is 10.0. The predicted octanol–water partition coefficient (Wildman–Crippen LogP) is 3.57. The van der Waals surface area contributed by atoms with Crippen molar-refractivity contribution < 1.29 is 9.37 Å². The van der Waals surface area contributed by atoms with Crippen molar-refractivity contribution in [2.75, 3.05) is 26.2 Å². The van der Waals surface area contributed by atoms with Crippen LogP contribution in [0.3, 0.4) is 0 Å². The number of fused-ring (bicyclic) bond motifs is 1. The second-order valence-corrected chi connectivity index (χ2v) is 6.27. The Kier molecular flexibility index (Phi) is 4.46. The SMILES string of the molecule is C.O=C(CN1CCC[N+]2=C1CCC2)c1ccc2ccccc2c1. The standard InChI is InChI=1S/C19H21N2O.CH4/c22-18(14-21-12-4-11-20-10-3-7-19(20)21)17-9-8-15-5-1-2-6-16(15)13-17;/h1-2,5-6,8-9,13H,3-4,7,10-12,14H2;1H4/q+1;. The number of carbonyl (C=O) groups is 1. The molecular weight excluding hydrogens is 284 g/mol. The van der Waals surface area contributed by atoms with Crippen molar-refractivity contribution in [3.63, 3.8) is 0 Å². The molecule has 120 valence electrons. The van der Waals surface area contributed by atoms with Crippen molar-refractivity contribution in [1.82, 2.24) is 4.90 Å². The van der Waals surface area contributed by atoms with Crippen molar-refractivity contribution in [3.05, 3.63) is 48.0 Å². The molecule has 2 aromatic rings. The molecule has 0 aliphatic carbocycles. The molecule has 0 bridgehead atoms. The molecule has 2 aromatic carbocycles. The molecule has 0 atom stereocenters. The Bertz CT molecular complexity index is 763. The molecule has 4 rings (SSSR count). The molecule has 2 aliphatic rings. The molecule has 0 radical (unpaired) electrons. The van der Waals surface area contributed by atoms with Gasteiger partial charge >= 0.3 is 0 Å². The maximum atomic E-state index is 12.7. The van der Waals surface area contributed by atoms with Gasteiger partial charge in [-0.15, -0.1) is 0 Å². The average Bonchev–Trinajstić information content (AvgIpc) is 3.04. The quantitative estimate of drug-likeness (QED) is 0.639. The van der Waals surface area contributed by atoms with Crippen LogP contribution in [0.25, 0.3) is 10.8 Å². The van der Waals surface area contributed by atoms with Gasteiger partial charge < -0.3 is 0 Å². The average molecular weight is 309 g/mol. The number of ketones is 1. The number of carbonyl (C=O) groups excluding carboxylic acids is 1. The van der Waals surface area contributed by atoms with Crippen LogP contribution in [0.15, 0.2) is 42.5 Å². The van der Waals surface area contributed by atoms with Gasteiger partial charge in [-0.05, 0) is 23.3 Å². The normalized spacial score (nSPS) is 17.1. The Morgan fingerprint density at radius 3 is 2.70 bits per heavy atom. The van der Waals surface area contributed by atoms with Crippen LogP contribution in [0.5, 0.6) is 0 Å². The number of hydrogen-bond acceptors (Lipinski definition) is 2. The molecular formula is C20H25N2O+. The van der Waals surface area contributed by atoms with E-state index in [0.29, 0.717) is 6.54 Å². The first-order valence-electron chi connectivity index (χ1n) is 8.19. The zero-order valence-electron chi connectivity index (χ0n) is 12.8. The summed E-state index contributed by atoms with van der Waals surface area (Å²) < 4.78 is 2.46. The van der Waals surface area contributed by atoms with Gasteiger partial charge in [-0.3, -0.25) is 14.3 Å². The van der Waals surface area contributed by atoms with Crippen molar-refractivity contribution in [1.29, 1.82) is 0 Å². The molecule has 0 amide bonds. The van der Waals surface area contributed by atoms with Gasteiger partial charge in [-0.1, -0.05) is 43.8 Å². The number of hydrogen-bond donors (Lipinski definition) is 0. The number of amidine groups is 1. The molecule has 2 heterocycles. The molecule has 3 heteroatoms. The van der Waals surface area contributed by atoms with E-state index in [0.717, 1.165) is 43.4 Å². The minimum Gasteiger partial charge on any atom is -0.290 e. The fraction of sp³-hybridized carbons (Fsp3) is 0.400. The highest BCUT2D eigenvalue weighted by Crippen LogP contribution is 2.18. The van der Waals surface area contributed by atoms with E-state index in [1.807, 2.05) is 30.3 Å². The smallest absolute Gasteiger partial charge is 0.247 e. The second-order valence-electron chi connectivity index (χ2n) is 6.27. The van der Waals surface area contributed by atoms with Gasteiger partial charge in [0.1, 0.15) is 6.54 Å². The zero-order valence-corrected chi connectivity index (χ0v) is 12.8. The van der Waals surface area contributed by atoms with Gasteiger partial charge in [0.25, 0.3) is 0 Å². The van der Waals surface area contributed by atoms with Crippen LogP contribution in [-0.2, 0) is 0 Å². The Morgan fingerprint density at radius 1 is 1.04 bits per heavy atom. The van der Waals surface area contributed by atoms with Crippen LogP contribution in [0.2, 0.25) is 0 Å². The van der Waals surface area contributed by atoms with Crippen molar-refractivity contribution in [2.24, 2.45) is 0 Å². The highest BCUT2D eigenvalue weighted by Gasteiger charge is 2.32. The third kappa shape index (κ3) is 3.00. The van der Waals surface area contributed by atoms with E-state index in [1.54, 1.807) is 0 Å². The first-order valence-corrected chi connectivity index (χ1v) is 8.19. The topological polar surface area (TPSA) is 23.3 Å². The summed E-state index contributed by atoms with van der Waals surface area (Å²) in [6, 6.07) is 14.2. The summed E-state index contributed by atoms with van der Waals surface area (Å²) in [4.78, 5) is 15.0. The molecule has 23 heavy (non-hydrogen) atoms. The van der Waals surface area contributed by atoms with E-state index in [1.165, 1.54) is 17.6 Å². The first-order chi connectivity index (χ1) is 10.8. The van der Waals surface area contributed by atoms with E-state index < -0.39 is 0 Å². The van der Waals surface area contributed by atoms with E-state index >= 15 is 0 Å². The molecule has 0 spiro atoms. The number of rotatable bonds is 3. The maximum absolute atomic E-state index is 12.7. The van der Waals surface area contributed by atoms with Crippen LogP contribution in [0.1, 0.15) is 37.0 Å². The molecule has 0 fully saturated rings. The maximum Gasteiger partial charge on any atom is 0.247 e. The van der Waals surface area contributed by atoms with Gasteiger partial charge in [-0.2, -0.15) is 0 Å². The fourth-order valence-corrected chi connectivity index (χ4v) is 3.69. The van der Waals surface area contributed by atoms with Crippen LogP contribution < -0.4 is 0 Å². The summed E-state index contributed by atoms with van der Waals surface area (Å²) in [5.41, 5.74) is 0.828. The van der Waals surface area contributed by atoms with Crippen LogP contribution in [-0.4, -0.2) is 47.3 Å². The highest BCUT2D eigenvalue weighted by molar-refractivity contribution is 6.02. The minimum atomic E-state index is 0. The zero-order chi connectivity index (χ0) is 14.9. The molecule has 0 saturated carbocycles. The molecule has 0 aromatic heterocycles. The van der Waals surface area contributed by atoms with Crippen LogP contribution >= 0.6 is 0 Å². The number of nitrogens with zero attached hydrogens (tertiary/aromatic N) is 2. The lowest BCUT2D eigenvalue weighted by Crippen LogP contribution is -2.43. The van der Waals surface area contributed by atoms with Gasteiger partial charge in [0.15, 0.2) is 0 Å². The minimum absolute atomic E-state index is 0. The fourth-order valence-electron chi connectivity index (χ4n) is 3.69. The van der Waals surface area contributed by atoms with Gasteiger partial charge in [0, 0.05) is 12.0 Å². The molecule has 0 unspecified atom stereocenters. The lowest BCUT2D eigenvalue weighted by Gasteiger charge is -2.23. The van der Waals surface area contributed by atoms with Gasteiger partial charge in [0.2, 0.25) is 11.6 Å². The van der Waals surface area contributed by atoms with E-state index in [2.05, 4.69) is 21.6 Å². The Hall–Kier alpha value is -2.16. The number of benzene rings is 2. The predicted molar refractivity (Wildman–Crippen MR) is 95.4 cm³/mol. The summed E-state index contributed by atoms with van der Waals surface area (Å²) in [5.74, 6) is 1.62. The second kappa shape index (κ2) is 6.53. The molecule has 0 N–H and O–H groups in total. The molecule has 2 aliphatic heterocycles. The summed E-state index contributed by atoms with van der Waals surface area (Å²) >= 11 is 0. The Balaban J connectivity index is 0.00000156. The van der Waals surface area contributed by atoms with Crippen molar-refractivity contribution in [2.45, 2.75) is 26.7 Å². The van der Waals surface area contributed by atoms with Gasteiger partial charge in [0.05, 0.1) is 26.1 Å². The van der Waals surface area contributed by atoms with Gasteiger partial charge in [-0.25, -0.2) is 0 Å².